The highest BCUT2D eigenvalue weighted by molar-refractivity contribution is 6.06. The summed E-state index contributed by atoms with van der Waals surface area (Å²) in [6, 6.07) is 7.58. The fourth-order valence-corrected chi connectivity index (χ4v) is 2.20. The first-order valence-corrected chi connectivity index (χ1v) is 5.75. The molecule has 0 saturated carbocycles. The summed E-state index contributed by atoms with van der Waals surface area (Å²) in [5, 5.41) is 0.883. The molecule has 1 aromatic carbocycles. The first kappa shape index (κ1) is 10.4. The number of fused-ring (bicyclic) bond motifs is 1. The van der Waals surface area contributed by atoms with Crippen LogP contribution >= 0.6 is 0 Å². The molecule has 0 radical (unpaired) electrons. The number of carbonyl (C=O) groups is 1. The summed E-state index contributed by atoms with van der Waals surface area (Å²) in [4.78, 5) is 14.0. The highest BCUT2D eigenvalue weighted by Gasteiger charge is 2.31. The Hall–Kier alpha value is -1.81. The summed E-state index contributed by atoms with van der Waals surface area (Å²) in [6.45, 7) is 2.17. The van der Waals surface area contributed by atoms with Crippen molar-refractivity contribution in [3.05, 3.63) is 36.1 Å². The van der Waals surface area contributed by atoms with Gasteiger partial charge >= 0.3 is 0 Å². The summed E-state index contributed by atoms with van der Waals surface area (Å²) < 4.78 is 5.37. The second-order valence-corrected chi connectivity index (χ2v) is 4.46. The van der Waals surface area contributed by atoms with E-state index in [1.165, 1.54) is 0 Å². The standard InChI is InChI=1S/C13H14N2O2/c14-5-9-6-15(7-9)13(16)11-8-17-12-4-2-1-3-10(11)12/h1-4,8-9H,5-7,14H2. The van der Waals surface area contributed by atoms with Crippen molar-refractivity contribution >= 4 is 16.9 Å². The van der Waals surface area contributed by atoms with Crippen molar-refractivity contribution in [1.29, 1.82) is 0 Å². The first-order valence-electron chi connectivity index (χ1n) is 5.75. The molecule has 2 N–H and O–H groups in total. The lowest BCUT2D eigenvalue weighted by molar-refractivity contribution is 0.0516. The minimum atomic E-state index is 0.0413. The lowest BCUT2D eigenvalue weighted by Crippen LogP contribution is -2.52. The predicted molar refractivity (Wildman–Crippen MR) is 64.7 cm³/mol. The van der Waals surface area contributed by atoms with Gasteiger partial charge in [-0.05, 0) is 12.6 Å². The summed E-state index contributed by atoms with van der Waals surface area (Å²) >= 11 is 0. The van der Waals surface area contributed by atoms with Gasteiger partial charge in [0.2, 0.25) is 0 Å². The number of hydrogen-bond donors (Lipinski definition) is 1. The third-order valence-electron chi connectivity index (χ3n) is 3.29. The largest absolute Gasteiger partial charge is 0.463 e. The number of benzene rings is 1. The van der Waals surface area contributed by atoms with Crippen molar-refractivity contribution in [3.8, 4) is 0 Å². The van der Waals surface area contributed by atoms with Crippen molar-refractivity contribution in [2.45, 2.75) is 0 Å². The number of rotatable bonds is 2. The van der Waals surface area contributed by atoms with Crippen LogP contribution < -0.4 is 5.73 Å². The molecule has 1 saturated heterocycles. The Balaban J connectivity index is 1.87. The minimum Gasteiger partial charge on any atom is -0.463 e. The van der Waals surface area contributed by atoms with Gasteiger partial charge in [-0.2, -0.15) is 0 Å². The smallest absolute Gasteiger partial charge is 0.257 e. The van der Waals surface area contributed by atoms with Gasteiger partial charge in [-0.15, -0.1) is 0 Å². The van der Waals surface area contributed by atoms with Crippen molar-refractivity contribution in [1.82, 2.24) is 4.90 Å². The Morgan fingerprint density at radius 2 is 2.18 bits per heavy atom. The molecule has 4 heteroatoms. The number of likely N-dealkylation sites (tertiary alicyclic amines) is 1. The van der Waals surface area contributed by atoms with Crippen LogP contribution in [0.25, 0.3) is 11.0 Å². The SMILES string of the molecule is NCC1CN(C(=O)c2coc3ccccc23)C1. The van der Waals surface area contributed by atoms with Crippen LogP contribution in [0.15, 0.2) is 34.9 Å². The molecule has 88 valence electrons. The van der Waals surface area contributed by atoms with E-state index in [1.807, 2.05) is 29.2 Å². The van der Waals surface area contributed by atoms with E-state index in [4.69, 9.17) is 10.2 Å². The zero-order valence-electron chi connectivity index (χ0n) is 9.43. The van der Waals surface area contributed by atoms with Crippen molar-refractivity contribution in [3.63, 3.8) is 0 Å². The number of nitrogens with zero attached hydrogens (tertiary/aromatic N) is 1. The van der Waals surface area contributed by atoms with E-state index in [2.05, 4.69) is 0 Å². The third kappa shape index (κ3) is 1.61. The molecule has 1 aliphatic heterocycles. The number of carbonyl (C=O) groups excluding carboxylic acids is 1. The highest BCUT2D eigenvalue weighted by Crippen LogP contribution is 2.25. The number of hydrogen-bond acceptors (Lipinski definition) is 3. The average Bonchev–Trinajstić information content (AvgIpc) is 2.71. The molecule has 3 rings (SSSR count). The molecule has 2 aromatic rings. The van der Waals surface area contributed by atoms with Crippen molar-refractivity contribution in [2.75, 3.05) is 19.6 Å². The highest BCUT2D eigenvalue weighted by atomic mass is 16.3. The summed E-state index contributed by atoms with van der Waals surface area (Å²) in [5.74, 6) is 0.497. The number of amides is 1. The van der Waals surface area contributed by atoms with Gasteiger partial charge in [0, 0.05) is 24.4 Å². The van der Waals surface area contributed by atoms with Gasteiger partial charge in [0.25, 0.3) is 5.91 Å². The molecule has 1 amide bonds. The molecule has 0 unspecified atom stereocenters. The molecule has 0 atom stereocenters. The maximum absolute atomic E-state index is 12.2. The minimum absolute atomic E-state index is 0.0413. The molecule has 1 fully saturated rings. The molecule has 1 aromatic heterocycles. The number of furan rings is 1. The summed E-state index contributed by atoms with van der Waals surface area (Å²) in [6.07, 6.45) is 1.54. The molecule has 0 spiro atoms. The van der Waals surface area contributed by atoms with Crippen LogP contribution in [0.1, 0.15) is 10.4 Å². The number of para-hydroxylation sites is 1. The van der Waals surface area contributed by atoms with Crippen LogP contribution in [0.3, 0.4) is 0 Å². The molecular weight excluding hydrogens is 216 g/mol. The summed E-state index contributed by atoms with van der Waals surface area (Å²) in [7, 11) is 0. The quantitative estimate of drug-likeness (QED) is 0.849. The topological polar surface area (TPSA) is 59.5 Å². The van der Waals surface area contributed by atoms with Gasteiger partial charge in [0.1, 0.15) is 11.8 Å². The van der Waals surface area contributed by atoms with Crippen molar-refractivity contribution in [2.24, 2.45) is 11.7 Å². The fourth-order valence-electron chi connectivity index (χ4n) is 2.20. The molecule has 2 heterocycles. The van der Waals surface area contributed by atoms with Gasteiger partial charge in [0.15, 0.2) is 0 Å². The molecular formula is C13H14N2O2. The Bertz CT molecular complexity index is 555. The number of nitrogens with two attached hydrogens (primary N) is 1. The van der Waals surface area contributed by atoms with Crippen LogP contribution in [0.5, 0.6) is 0 Å². The van der Waals surface area contributed by atoms with Gasteiger partial charge < -0.3 is 15.1 Å². The lowest BCUT2D eigenvalue weighted by atomic mass is 9.99. The van der Waals surface area contributed by atoms with E-state index in [1.54, 1.807) is 6.26 Å². The maximum atomic E-state index is 12.2. The lowest BCUT2D eigenvalue weighted by Gasteiger charge is -2.38. The Labute approximate surface area is 99.0 Å². The van der Waals surface area contributed by atoms with Crippen LogP contribution in [-0.2, 0) is 0 Å². The van der Waals surface area contributed by atoms with E-state index in [-0.39, 0.29) is 5.91 Å². The van der Waals surface area contributed by atoms with Crippen molar-refractivity contribution < 1.29 is 9.21 Å². The van der Waals surface area contributed by atoms with Crippen LogP contribution in [0.4, 0.5) is 0 Å². The zero-order valence-corrected chi connectivity index (χ0v) is 9.43. The van der Waals surface area contributed by atoms with Gasteiger partial charge in [0.05, 0.1) is 5.56 Å². The summed E-state index contributed by atoms with van der Waals surface area (Å²) in [5.41, 5.74) is 6.95. The molecule has 0 aliphatic carbocycles. The first-order chi connectivity index (χ1) is 8.29. The maximum Gasteiger partial charge on any atom is 0.257 e. The third-order valence-corrected chi connectivity index (χ3v) is 3.29. The molecule has 0 bridgehead atoms. The monoisotopic (exact) mass is 230 g/mol. The van der Waals surface area contributed by atoms with E-state index in [0.717, 1.165) is 24.1 Å². The van der Waals surface area contributed by atoms with E-state index < -0.39 is 0 Å². The van der Waals surface area contributed by atoms with Crippen LogP contribution in [-0.4, -0.2) is 30.4 Å². The van der Waals surface area contributed by atoms with E-state index >= 15 is 0 Å². The van der Waals surface area contributed by atoms with Crippen LogP contribution in [0, 0.1) is 5.92 Å². The van der Waals surface area contributed by atoms with Gasteiger partial charge in [-0.3, -0.25) is 4.79 Å². The Kier molecular flexibility index (Phi) is 2.37. The van der Waals surface area contributed by atoms with Crippen LogP contribution in [0.2, 0.25) is 0 Å². The van der Waals surface area contributed by atoms with E-state index in [0.29, 0.717) is 18.0 Å². The normalized spacial score (nSPS) is 16.2. The Morgan fingerprint density at radius 3 is 2.94 bits per heavy atom. The predicted octanol–water partition coefficient (Wildman–Crippen LogP) is 1.46. The van der Waals surface area contributed by atoms with E-state index in [9.17, 15) is 4.79 Å². The average molecular weight is 230 g/mol. The van der Waals surface area contributed by atoms with Gasteiger partial charge in [-0.1, -0.05) is 18.2 Å². The second-order valence-electron chi connectivity index (χ2n) is 4.46. The van der Waals surface area contributed by atoms with Gasteiger partial charge in [-0.25, -0.2) is 0 Å². The molecule has 1 aliphatic rings. The Morgan fingerprint density at radius 1 is 1.41 bits per heavy atom. The zero-order chi connectivity index (χ0) is 11.8. The molecule has 17 heavy (non-hydrogen) atoms. The molecule has 4 nitrogen and oxygen atoms in total. The fraction of sp³-hybridized carbons (Fsp3) is 0.308. The second kappa shape index (κ2) is 3.89.